The molecular formula is C26H16Cl3F3N2O5S. The van der Waals surface area contributed by atoms with Gasteiger partial charge in [0.05, 0.1) is 31.9 Å². The van der Waals surface area contributed by atoms with Crippen molar-refractivity contribution < 1.29 is 35.9 Å². The molecule has 0 aliphatic carbocycles. The lowest BCUT2D eigenvalue weighted by molar-refractivity contribution is -0.274. The molecule has 0 saturated carbocycles. The van der Waals surface area contributed by atoms with Crippen LogP contribution in [0.3, 0.4) is 0 Å². The summed E-state index contributed by atoms with van der Waals surface area (Å²) in [4.78, 5) is 12.9. The average molecular weight is 632 g/mol. The van der Waals surface area contributed by atoms with Crippen LogP contribution in [0.5, 0.6) is 17.2 Å². The number of benzene rings is 4. The Bertz CT molecular complexity index is 1670. The van der Waals surface area contributed by atoms with Crippen LogP contribution in [-0.2, 0) is 10.0 Å². The predicted molar refractivity (Wildman–Crippen MR) is 146 cm³/mol. The maximum Gasteiger partial charge on any atom is 0.573 e. The van der Waals surface area contributed by atoms with Gasteiger partial charge in [-0.1, -0.05) is 46.9 Å². The summed E-state index contributed by atoms with van der Waals surface area (Å²) in [7, 11) is -4.19. The van der Waals surface area contributed by atoms with Crippen LogP contribution in [0.4, 0.5) is 24.5 Å². The van der Waals surface area contributed by atoms with Crippen LogP contribution in [0.15, 0.2) is 89.8 Å². The van der Waals surface area contributed by atoms with E-state index in [1.165, 1.54) is 42.5 Å². The molecule has 2 N–H and O–H groups in total. The van der Waals surface area contributed by atoms with E-state index in [1.807, 2.05) is 0 Å². The minimum Gasteiger partial charge on any atom is -0.456 e. The highest BCUT2D eigenvalue weighted by molar-refractivity contribution is 7.92. The van der Waals surface area contributed by atoms with Crippen LogP contribution in [-0.4, -0.2) is 20.7 Å². The Hall–Kier alpha value is -3.64. The third-order valence-corrected chi connectivity index (χ3v) is 7.33. The molecule has 4 rings (SSSR count). The van der Waals surface area contributed by atoms with E-state index in [9.17, 15) is 26.4 Å². The fourth-order valence-corrected chi connectivity index (χ4v) is 4.97. The first-order chi connectivity index (χ1) is 18.8. The van der Waals surface area contributed by atoms with Crippen LogP contribution in [0.2, 0.25) is 15.1 Å². The number of ether oxygens (including phenoxy) is 2. The number of para-hydroxylation sites is 1. The molecule has 14 heteroatoms. The molecule has 0 spiro atoms. The summed E-state index contributed by atoms with van der Waals surface area (Å²) in [6, 6.07) is 19.0. The number of anilines is 2. The third kappa shape index (κ3) is 7.51. The molecule has 4 aromatic carbocycles. The lowest BCUT2D eigenvalue weighted by Crippen LogP contribution is -2.19. The summed E-state index contributed by atoms with van der Waals surface area (Å²) < 4.78 is 75.3. The minimum atomic E-state index is -4.93. The Kier molecular flexibility index (Phi) is 8.69. The Morgan fingerprint density at radius 1 is 0.775 bits per heavy atom. The summed E-state index contributed by atoms with van der Waals surface area (Å²) in [6.07, 6.45) is -4.93. The number of hydrogen-bond donors (Lipinski definition) is 2. The molecule has 0 aliphatic rings. The third-order valence-electron chi connectivity index (χ3n) is 5.09. The van der Waals surface area contributed by atoms with Gasteiger partial charge < -0.3 is 14.8 Å². The molecule has 4 aromatic rings. The standard InChI is InChI=1S/C26H16Cl3F3N2O5S/c27-15-5-11-22(19(13-15)25(35)33-23-12-8-17(14-21(23)29)39-26(30,31)32)34-40(36,37)18-9-6-16(7-10-18)38-24-4-2-1-3-20(24)28/h1-14,34H,(H,33,35). The second kappa shape index (κ2) is 11.8. The topological polar surface area (TPSA) is 93.7 Å². The number of amides is 1. The molecule has 0 aromatic heterocycles. The predicted octanol–water partition coefficient (Wildman–Crippen LogP) is 8.39. The lowest BCUT2D eigenvalue weighted by atomic mass is 10.1. The van der Waals surface area contributed by atoms with Gasteiger partial charge in [-0.05, 0) is 66.7 Å². The fraction of sp³-hybridized carbons (Fsp3) is 0.0385. The molecule has 7 nitrogen and oxygen atoms in total. The molecule has 0 aliphatic heterocycles. The molecular weight excluding hydrogens is 616 g/mol. The van der Waals surface area contributed by atoms with E-state index in [0.717, 1.165) is 18.2 Å². The highest BCUT2D eigenvalue weighted by Gasteiger charge is 2.31. The largest absolute Gasteiger partial charge is 0.573 e. The fourth-order valence-electron chi connectivity index (χ4n) is 3.32. The molecule has 208 valence electrons. The first-order valence-electron chi connectivity index (χ1n) is 11.0. The van der Waals surface area contributed by atoms with Crippen LogP contribution in [0.25, 0.3) is 0 Å². The number of rotatable bonds is 8. The van der Waals surface area contributed by atoms with Crippen LogP contribution >= 0.6 is 34.8 Å². The van der Waals surface area contributed by atoms with Crippen molar-refractivity contribution in [3.05, 3.63) is 106 Å². The lowest BCUT2D eigenvalue weighted by Gasteiger charge is -2.15. The Morgan fingerprint density at radius 2 is 1.43 bits per heavy atom. The second-order valence-electron chi connectivity index (χ2n) is 7.94. The zero-order chi connectivity index (χ0) is 29.1. The summed E-state index contributed by atoms with van der Waals surface area (Å²) in [5.74, 6) is -0.704. The van der Waals surface area contributed by atoms with Gasteiger partial charge >= 0.3 is 6.36 Å². The van der Waals surface area contributed by atoms with Crippen molar-refractivity contribution in [2.45, 2.75) is 11.3 Å². The average Bonchev–Trinajstić information content (AvgIpc) is 2.87. The van der Waals surface area contributed by atoms with E-state index >= 15 is 0 Å². The van der Waals surface area contributed by atoms with Crippen molar-refractivity contribution in [2.75, 3.05) is 10.0 Å². The van der Waals surface area contributed by atoms with Crippen molar-refractivity contribution in [2.24, 2.45) is 0 Å². The van der Waals surface area contributed by atoms with Crippen LogP contribution < -0.4 is 19.5 Å². The van der Waals surface area contributed by atoms with Crippen LogP contribution in [0.1, 0.15) is 10.4 Å². The monoisotopic (exact) mass is 630 g/mol. The molecule has 0 atom stereocenters. The van der Waals surface area contributed by atoms with Gasteiger partial charge in [-0.3, -0.25) is 9.52 Å². The quantitative estimate of drug-likeness (QED) is 0.204. The summed E-state index contributed by atoms with van der Waals surface area (Å²) in [5.41, 5.74) is -0.350. The number of halogens is 6. The van der Waals surface area contributed by atoms with Gasteiger partial charge in [-0.25, -0.2) is 8.42 Å². The number of nitrogens with one attached hydrogen (secondary N) is 2. The first kappa shape index (κ1) is 29.3. The maximum absolute atomic E-state index is 13.1. The number of hydrogen-bond acceptors (Lipinski definition) is 5. The van der Waals surface area contributed by atoms with Gasteiger partial charge in [-0.15, -0.1) is 13.2 Å². The van der Waals surface area contributed by atoms with Crippen molar-refractivity contribution in [3.8, 4) is 17.2 Å². The van der Waals surface area contributed by atoms with Gasteiger partial charge in [0.1, 0.15) is 17.2 Å². The van der Waals surface area contributed by atoms with Gasteiger partial charge in [0.15, 0.2) is 0 Å². The molecule has 0 bridgehead atoms. The van der Waals surface area contributed by atoms with E-state index in [1.54, 1.807) is 24.3 Å². The van der Waals surface area contributed by atoms with Crippen LogP contribution in [0, 0.1) is 0 Å². The molecule has 0 saturated heterocycles. The van der Waals surface area contributed by atoms with E-state index in [4.69, 9.17) is 39.5 Å². The van der Waals surface area contributed by atoms with E-state index in [0.29, 0.717) is 16.5 Å². The number of carbonyl (C=O) groups excluding carboxylic acids is 1. The maximum atomic E-state index is 13.1. The Morgan fingerprint density at radius 3 is 2.08 bits per heavy atom. The molecule has 0 fully saturated rings. The first-order valence-corrected chi connectivity index (χ1v) is 13.6. The molecule has 0 radical (unpaired) electrons. The smallest absolute Gasteiger partial charge is 0.456 e. The van der Waals surface area contributed by atoms with Gasteiger partial charge in [0, 0.05) is 11.1 Å². The number of carbonyl (C=O) groups is 1. The zero-order valence-corrected chi connectivity index (χ0v) is 22.9. The van der Waals surface area contributed by atoms with E-state index < -0.39 is 28.0 Å². The highest BCUT2D eigenvalue weighted by atomic mass is 35.5. The zero-order valence-electron chi connectivity index (χ0n) is 19.8. The van der Waals surface area contributed by atoms with Crippen molar-refractivity contribution >= 4 is 62.1 Å². The van der Waals surface area contributed by atoms with Crippen molar-refractivity contribution in [3.63, 3.8) is 0 Å². The van der Waals surface area contributed by atoms with Crippen molar-refractivity contribution in [1.29, 1.82) is 0 Å². The van der Waals surface area contributed by atoms with Gasteiger partial charge in [-0.2, -0.15) is 0 Å². The number of alkyl halides is 3. The Labute approximate surface area is 241 Å². The summed E-state index contributed by atoms with van der Waals surface area (Å²) in [6.45, 7) is 0. The molecule has 1 amide bonds. The SMILES string of the molecule is O=C(Nc1ccc(OC(F)(F)F)cc1Cl)c1cc(Cl)ccc1NS(=O)(=O)c1ccc(Oc2ccccc2Cl)cc1. The highest BCUT2D eigenvalue weighted by Crippen LogP contribution is 2.33. The summed E-state index contributed by atoms with van der Waals surface area (Å²) in [5, 5.41) is 2.66. The summed E-state index contributed by atoms with van der Waals surface area (Å²) >= 11 is 18.1. The van der Waals surface area contributed by atoms with E-state index in [2.05, 4.69) is 14.8 Å². The minimum absolute atomic E-state index is 0.0518. The molecule has 0 unspecified atom stereocenters. The van der Waals surface area contributed by atoms with E-state index in [-0.39, 0.29) is 31.9 Å². The second-order valence-corrected chi connectivity index (χ2v) is 10.9. The number of sulfonamides is 1. The van der Waals surface area contributed by atoms with Crippen molar-refractivity contribution in [1.82, 2.24) is 0 Å². The van der Waals surface area contributed by atoms with Gasteiger partial charge in [0.2, 0.25) is 0 Å². The molecule has 0 heterocycles. The van der Waals surface area contributed by atoms with Gasteiger partial charge in [0.25, 0.3) is 15.9 Å². The normalized spacial score (nSPS) is 11.6. The molecule has 40 heavy (non-hydrogen) atoms. The Balaban J connectivity index is 1.53.